The van der Waals surface area contributed by atoms with Gasteiger partial charge in [-0.3, -0.25) is 4.79 Å². The molecule has 2 heterocycles. The maximum absolute atomic E-state index is 12.0. The van der Waals surface area contributed by atoms with Crippen LogP contribution < -0.4 is 4.74 Å². The van der Waals surface area contributed by atoms with Crippen LogP contribution >= 0.6 is 0 Å². The maximum Gasteiger partial charge on any atom is 0.167 e. The molecule has 0 fully saturated rings. The van der Waals surface area contributed by atoms with Gasteiger partial charge in [0.05, 0.1) is 12.3 Å². The zero-order chi connectivity index (χ0) is 20.7. The number of aldehydes is 1. The highest BCUT2D eigenvalue weighted by Gasteiger charge is 2.28. The van der Waals surface area contributed by atoms with Crippen molar-refractivity contribution in [3.8, 4) is 16.9 Å². The second-order valence-corrected chi connectivity index (χ2v) is 9.39. The van der Waals surface area contributed by atoms with E-state index in [2.05, 4.69) is 59.7 Å². The summed E-state index contributed by atoms with van der Waals surface area (Å²) >= 11 is 0. The number of carbonyl (C=O) groups is 1. The topological polar surface area (TPSA) is 30.7 Å². The Morgan fingerprint density at radius 3 is 2.25 bits per heavy atom. The molecule has 0 spiro atoms. The summed E-state index contributed by atoms with van der Waals surface area (Å²) in [5.74, 6) is 0.877. The first-order valence-electron chi connectivity index (χ1n) is 9.95. The molecule has 0 bridgehead atoms. The average molecular weight is 378 g/mol. The summed E-state index contributed by atoms with van der Waals surface area (Å²) < 4.78 is 8.13. The number of nitrogens with zero attached hydrogens (tertiary/aromatic N) is 1. The van der Waals surface area contributed by atoms with Crippen LogP contribution in [0.2, 0.25) is 0 Å². The average Bonchev–Trinajstić information content (AvgIpc) is 2.98. The van der Waals surface area contributed by atoms with Crippen molar-refractivity contribution in [3.05, 3.63) is 59.4 Å². The molecule has 1 aromatic carbocycles. The third-order valence-electron chi connectivity index (χ3n) is 5.17. The highest BCUT2D eigenvalue weighted by atomic mass is 16.5. The Hall–Kier alpha value is -2.55. The van der Waals surface area contributed by atoms with E-state index >= 15 is 0 Å². The van der Waals surface area contributed by atoms with Crippen molar-refractivity contribution in [3.63, 3.8) is 0 Å². The number of hydrogen-bond acceptors (Lipinski definition) is 2. The molecule has 3 rings (SSSR count). The standard InChI is InChI=1S/C25H31NO2/c1-8-28-23-20(13-17(24(2,3)4)14-21(23)25(5,6)7)19-15-18-11-9-10-12-26(18)22(19)16-27/h9-16H,8H2,1-7H3. The van der Waals surface area contributed by atoms with Gasteiger partial charge in [0.1, 0.15) is 5.75 Å². The minimum absolute atomic E-state index is 0.0139. The van der Waals surface area contributed by atoms with E-state index in [-0.39, 0.29) is 10.8 Å². The van der Waals surface area contributed by atoms with Crippen LogP contribution in [0.1, 0.15) is 70.1 Å². The summed E-state index contributed by atoms with van der Waals surface area (Å²) in [6.45, 7) is 15.9. The molecule has 28 heavy (non-hydrogen) atoms. The molecule has 0 aliphatic rings. The largest absolute Gasteiger partial charge is 0.493 e. The second kappa shape index (κ2) is 7.12. The minimum Gasteiger partial charge on any atom is -0.493 e. The predicted octanol–water partition coefficient (Wildman–Crippen LogP) is 6.41. The van der Waals surface area contributed by atoms with Crippen LogP contribution in [0.15, 0.2) is 42.6 Å². The van der Waals surface area contributed by atoms with E-state index < -0.39 is 0 Å². The highest BCUT2D eigenvalue weighted by molar-refractivity contribution is 5.92. The number of rotatable bonds is 4. The van der Waals surface area contributed by atoms with Crippen LogP contribution in [-0.4, -0.2) is 17.3 Å². The Morgan fingerprint density at radius 2 is 1.68 bits per heavy atom. The van der Waals surface area contributed by atoms with Gasteiger partial charge in [-0.1, -0.05) is 53.7 Å². The van der Waals surface area contributed by atoms with Crippen LogP contribution in [0, 0.1) is 0 Å². The molecule has 3 nitrogen and oxygen atoms in total. The minimum atomic E-state index is -0.0823. The van der Waals surface area contributed by atoms with E-state index in [0.29, 0.717) is 12.3 Å². The van der Waals surface area contributed by atoms with Crippen molar-refractivity contribution in [2.24, 2.45) is 0 Å². The van der Waals surface area contributed by atoms with Crippen molar-refractivity contribution in [2.75, 3.05) is 6.61 Å². The third-order valence-corrected chi connectivity index (χ3v) is 5.17. The molecule has 0 radical (unpaired) electrons. The smallest absolute Gasteiger partial charge is 0.167 e. The molecule has 0 saturated heterocycles. The number of aromatic nitrogens is 1. The summed E-state index contributed by atoms with van der Waals surface area (Å²) in [7, 11) is 0. The summed E-state index contributed by atoms with van der Waals surface area (Å²) in [4.78, 5) is 12.0. The Balaban J connectivity index is 2.44. The van der Waals surface area contributed by atoms with Gasteiger partial charge in [-0.2, -0.15) is 0 Å². The molecule has 0 atom stereocenters. The van der Waals surface area contributed by atoms with Crippen LogP contribution in [0.25, 0.3) is 16.6 Å². The molecule has 2 aromatic heterocycles. The summed E-state index contributed by atoms with van der Waals surface area (Å²) in [6.07, 6.45) is 2.87. The lowest BCUT2D eigenvalue weighted by atomic mass is 9.78. The number of ether oxygens (including phenoxy) is 1. The number of carbonyl (C=O) groups excluding carboxylic acids is 1. The molecule has 0 unspecified atom stereocenters. The lowest BCUT2D eigenvalue weighted by molar-refractivity contribution is 0.111. The highest BCUT2D eigenvalue weighted by Crippen LogP contribution is 2.44. The summed E-state index contributed by atoms with van der Waals surface area (Å²) in [5.41, 5.74) is 5.88. The van der Waals surface area contributed by atoms with Crippen molar-refractivity contribution in [1.82, 2.24) is 4.40 Å². The van der Waals surface area contributed by atoms with Crippen LogP contribution in [0.5, 0.6) is 5.75 Å². The zero-order valence-corrected chi connectivity index (χ0v) is 18.1. The number of benzene rings is 1. The third kappa shape index (κ3) is 3.58. The van der Waals surface area contributed by atoms with Gasteiger partial charge in [-0.15, -0.1) is 0 Å². The Bertz CT molecular complexity index is 1010. The Kier molecular flexibility index (Phi) is 5.14. The van der Waals surface area contributed by atoms with Gasteiger partial charge in [0.25, 0.3) is 0 Å². The zero-order valence-electron chi connectivity index (χ0n) is 18.1. The normalized spacial score (nSPS) is 12.4. The van der Waals surface area contributed by atoms with E-state index in [1.54, 1.807) is 0 Å². The van der Waals surface area contributed by atoms with Gasteiger partial charge < -0.3 is 9.14 Å². The van der Waals surface area contributed by atoms with Crippen LogP contribution in [0.4, 0.5) is 0 Å². The van der Waals surface area contributed by atoms with E-state index in [1.165, 1.54) is 11.1 Å². The molecule has 3 heteroatoms. The lowest BCUT2D eigenvalue weighted by Gasteiger charge is -2.29. The number of fused-ring (bicyclic) bond motifs is 1. The van der Waals surface area contributed by atoms with Gasteiger partial charge in [-0.25, -0.2) is 0 Å². The molecule has 3 aromatic rings. The summed E-state index contributed by atoms with van der Waals surface area (Å²) in [5, 5.41) is 0. The van der Waals surface area contributed by atoms with Gasteiger partial charge in [-0.05, 0) is 47.6 Å². The maximum atomic E-state index is 12.0. The molecule has 0 aliphatic carbocycles. The lowest BCUT2D eigenvalue weighted by Crippen LogP contribution is -2.18. The molecular weight excluding hydrogens is 346 g/mol. The van der Waals surface area contributed by atoms with Gasteiger partial charge in [0.15, 0.2) is 6.29 Å². The van der Waals surface area contributed by atoms with E-state index in [9.17, 15) is 4.79 Å². The Labute approximate surface area is 168 Å². The Morgan fingerprint density at radius 1 is 0.964 bits per heavy atom. The monoisotopic (exact) mass is 377 g/mol. The first kappa shape index (κ1) is 20.2. The van der Waals surface area contributed by atoms with E-state index in [0.717, 1.165) is 28.7 Å². The first-order valence-corrected chi connectivity index (χ1v) is 9.95. The fourth-order valence-corrected chi connectivity index (χ4v) is 3.60. The van der Waals surface area contributed by atoms with Crippen molar-refractivity contribution >= 4 is 11.8 Å². The molecule has 0 aliphatic heterocycles. The fourth-order valence-electron chi connectivity index (χ4n) is 3.60. The van der Waals surface area contributed by atoms with Crippen LogP contribution in [-0.2, 0) is 10.8 Å². The number of hydrogen-bond donors (Lipinski definition) is 0. The second-order valence-electron chi connectivity index (χ2n) is 9.39. The van der Waals surface area contributed by atoms with E-state index in [1.807, 2.05) is 35.7 Å². The van der Waals surface area contributed by atoms with Crippen molar-refractivity contribution < 1.29 is 9.53 Å². The van der Waals surface area contributed by atoms with Crippen molar-refractivity contribution in [2.45, 2.75) is 59.3 Å². The van der Waals surface area contributed by atoms with Crippen LogP contribution in [0.3, 0.4) is 0 Å². The molecule has 0 N–H and O–H groups in total. The summed E-state index contributed by atoms with van der Waals surface area (Å²) in [6, 6.07) is 12.5. The molecule has 148 valence electrons. The molecule has 0 saturated carbocycles. The molecular formula is C25H31NO2. The fraction of sp³-hybridized carbons (Fsp3) is 0.400. The van der Waals surface area contributed by atoms with Gasteiger partial charge in [0, 0.05) is 28.4 Å². The number of pyridine rings is 1. The molecule has 0 amide bonds. The SMILES string of the molecule is CCOc1c(-c2cc3ccccn3c2C=O)cc(C(C)(C)C)cc1C(C)(C)C. The first-order chi connectivity index (χ1) is 13.1. The quantitative estimate of drug-likeness (QED) is 0.492. The predicted molar refractivity (Wildman–Crippen MR) is 117 cm³/mol. The van der Waals surface area contributed by atoms with Gasteiger partial charge in [0.2, 0.25) is 0 Å². The van der Waals surface area contributed by atoms with Gasteiger partial charge >= 0.3 is 0 Å². The van der Waals surface area contributed by atoms with E-state index in [4.69, 9.17) is 4.74 Å². The van der Waals surface area contributed by atoms with Crippen molar-refractivity contribution in [1.29, 1.82) is 0 Å².